The van der Waals surface area contributed by atoms with E-state index in [1.54, 1.807) is 12.1 Å². The third-order valence-electron chi connectivity index (χ3n) is 4.24. The Labute approximate surface area is 134 Å². The number of ether oxygens (including phenoxy) is 1. The van der Waals surface area contributed by atoms with Crippen LogP contribution < -0.4 is 10.4 Å². The van der Waals surface area contributed by atoms with Gasteiger partial charge in [0.15, 0.2) is 6.61 Å². The fourth-order valence-electron chi connectivity index (χ4n) is 2.95. The highest BCUT2D eigenvalue weighted by molar-refractivity contribution is 5.81. The summed E-state index contributed by atoms with van der Waals surface area (Å²) in [7, 11) is 0. The molecule has 122 valence electrons. The van der Waals surface area contributed by atoms with E-state index >= 15 is 0 Å². The lowest BCUT2D eigenvalue weighted by Gasteiger charge is -2.20. The third-order valence-corrected chi connectivity index (χ3v) is 4.24. The van der Waals surface area contributed by atoms with Gasteiger partial charge in [-0.05, 0) is 37.5 Å². The standard InChI is InChI=1S/C18H21NO4/c1-13-10-18(21)23-16-11-14(6-7-15(13)16)22-12-17(20)19-8-4-2-3-5-9-19/h6-7,10-11H,2-5,8-9,12H2,1H3. The quantitative estimate of drug-likeness (QED) is 0.817. The minimum Gasteiger partial charge on any atom is -0.484 e. The van der Waals surface area contributed by atoms with Crippen molar-refractivity contribution in [3.05, 3.63) is 40.2 Å². The van der Waals surface area contributed by atoms with E-state index in [0.717, 1.165) is 36.9 Å². The Kier molecular flexibility index (Phi) is 4.65. The van der Waals surface area contributed by atoms with Crippen LogP contribution in [0.3, 0.4) is 0 Å². The molecule has 2 aromatic rings. The molecule has 0 aliphatic carbocycles. The molecule has 0 radical (unpaired) electrons. The summed E-state index contributed by atoms with van der Waals surface area (Å²) < 4.78 is 10.8. The number of carbonyl (C=O) groups is 1. The van der Waals surface area contributed by atoms with Gasteiger partial charge in [-0.25, -0.2) is 4.79 Å². The summed E-state index contributed by atoms with van der Waals surface area (Å²) in [6, 6.07) is 6.77. The van der Waals surface area contributed by atoms with Gasteiger partial charge in [0.1, 0.15) is 11.3 Å². The van der Waals surface area contributed by atoms with Crippen LogP contribution in [0.4, 0.5) is 0 Å². The Hall–Kier alpha value is -2.30. The van der Waals surface area contributed by atoms with Crippen LogP contribution in [0, 0.1) is 6.92 Å². The van der Waals surface area contributed by atoms with Crippen LogP contribution in [-0.2, 0) is 4.79 Å². The molecular formula is C18H21NO4. The van der Waals surface area contributed by atoms with Gasteiger partial charge in [0.2, 0.25) is 0 Å². The summed E-state index contributed by atoms with van der Waals surface area (Å²) >= 11 is 0. The maximum absolute atomic E-state index is 12.2. The van der Waals surface area contributed by atoms with E-state index < -0.39 is 0 Å². The maximum atomic E-state index is 12.2. The van der Waals surface area contributed by atoms with Gasteiger partial charge < -0.3 is 14.1 Å². The number of fused-ring (bicyclic) bond motifs is 1. The van der Waals surface area contributed by atoms with Crippen molar-refractivity contribution < 1.29 is 13.9 Å². The molecule has 2 heterocycles. The molecule has 0 spiro atoms. The van der Waals surface area contributed by atoms with Gasteiger partial charge in [0.05, 0.1) is 0 Å². The molecule has 1 saturated heterocycles. The van der Waals surface area contributed by atoms with E-state index in [2.05, 4.69) is 0 Å². The molecule has 3 rings (SSSR count). The zero-order valence-corrected chi connectivity index (χ0v) is 13.3. The fraction of sp³-hybridized carbons (Fsp3) is 0.444. The average Bonchev–Trinajstić information content (AvgIpc) is 2.81. The van der Waals surface area contributed by atoms with Crippen molar-refractivity contribution >= 4 is 16.9 Å². The SMILES string of the molecule is Cc1cc(=O)oc2cc(OCC(=O)N3CCCCCC3)ccc12. The lowest BCUT2D eigenvalue weighted by molar-refractivity contribution is -0.133. The van der Waals surface area contributed by atoms with Crippen molar-refractivity contribution in [1.82, 2.24) is 4.90 Å². The molecule has 0 N–H and O–H groups in total. The second kappa shape index (κ2) is 6.86. The molecule has 0 atom stereocenters. The molecule has 1 aliphatic heterocycles. The zero-order valence-electron chi connectivity index (χ0n) is 13.3. The van der Waals surface area contributed by atoms with Crippen LogP contribution in [0.25, 0.3) is 11.0 Å². The molecule has 1 amide bonds. The molecular weight excluding hydrogens is 294 g/mol. The third kappa shape index (κ3) is 3.73. The molecule has 5 nitrogen and oxygen atoms in total. The average molecular weight is 315 g/mol. The van der Waals surface area contributed by atoms with Crippen LogP contribution in [0.15, 0.2) is 33.5 Å². The normalized spacial score (nSPS) is 15.4. The molecule has 1 aromatic carbocycles. The first-order chi connectivity index (χ1) is 11.1. The van der Waals surface area contributed by atoms with Gasteiger partial charge in [-0.15, -0.1) is 0 Å². The lowest BCUT2D eigenvalue weighted by atomic mass is 10.1. The van der Waals surface area contributed by atoms with E-state index in [0.29, 0.717) is 11.3 Å². The highest BCUT2D eigenvalue weighted by Crippen LogP contribution is 2.22. The molecule has 23 heavy (non-hydrogen) atoms. The number of benzene rings is 1. The van der Waals surface area contributed by atoms with Gasteiger partial charge in [-0.1, -0.05) is 12.8 Å². The van der Waals surface area contributed by atoms with E-state index in [1.165, 1.54) is 18.9 Å². The first-order valence-corrected chi connectivity index (χ1v) is 8.08. The molecule has 0 saturated carbocycles. The Bertz CT molecular complexity index is 757. The summed E-state index contributed by atoms with van der Waals surface area (Å²) in [4.78, 5) is 25.5. The van der Waals surface area contributed by atoms with Crippen molar-refractivity contribution in [1.29, 1.82) is 0 Å². The smallest absolute Gasteiger partial charge is 0.336 e. The summed E-state index contributed by atoms with van der Waals surface area (Å²) in [6.45, 7) is 3.51. The van der Waals surface area contributed by atoms with Crippen molar-refractivity contribution in [2.75, 3.05) is 19.7 Å². The monoisotopic (exact) mass is 315 g/mol. The minimum absolute atomic E-state index is 0.0118. The van der Waals surface area contributed by atoms with Gasteiger partial charge in [-0.2, -0.15) is 0 Å². The summed E-state index contributed by atoms with van der Waals surface area (Å²) in [5, 5.41) is 0.871. The lowest BCUT2D eigenvalue weighted by Crippen LogP contribution is -2.35. The van der Waals surface area contributed by atoms with E-state index in [4.69, 9.17) is 9.15 Å². The van der Waals surface area contributed by atoms with Crippen LogP contribution in [0.1, 0.15) is 31.2 Å². The minimum atomic E-state index is -0.382. The first kappa shape index (κ1) is 15.6. The number of hydrogen-bond donors (Lipinski definition) is 0. The Balaban J connectivity index is 1.69. The summed E-state index contributed by atoms with van der Waals surface area (Å²) in [5.74, 6) is 0.548. The molecule has 0 bridgehead atoms. The molecule has 0 unspecified atom stereocenters. The van der Waals surface area contributed by atoms with Crippen LogP contribution in [0.5, 0.6) is 5.75 Å². The first-order valence-electron chi connectivity index (χ1n) is 8.08. The van der Waals surface area contributed by atoms with Gasteiger partial charge in [0, 0.05) is 30.6 Å². The Morgan fingerprint density at radius 2 is 1.91 bits per heavy atom. The fourth-order valence-corrected chi connectivity index (χ4v) is 2.95. The molecule has 1 aliphatic rings. The number of likely N-dealkylation sites (tertiary alicyclic amines) is 1. The van der Waals surface area contributed by atoms with E-state index in [-0.39, 0.29) is 18.1 Å². The molecule has 1 aromatic heterocycles. The summed E-state index contributed by atoms with van der Waals surface area (Å²) in [6.07, 6.45) is 4.50. The number of hydrogen-bond acceptors (Lipinski definition) is 4. The van der Waals surface area contributed by atoms with Crippen molar-refractivity contribution in [3.63, 3.8) is 0 Å². The van der Waals surface area contributed by atoms with E-state index in [1.807, 2.05) is 17.9 Å². The zero-order chi connectivity index (χ0) is 16.2. The Morgan fingerprint density at radius 3 is 2.65 bits per heavy atom. The number of nitrogens with zero attached hydrogens (tertiary/aromatic N) is 1. The number of rotatable bonds is 3. The second-order valence-corrected chi connectivity index (χ2v) is 5.99. The van der Waals surface area contributed by atoms with Crippen molar-refractivity contribution in [2.45, 2.75) is 32.6 Å². The second-order valence-electron chi connectivity index (χ2n) is 5.99. The van der Waals surface area contributed by atoms with Crippen LogP contribution in [-0.4, -0.2) is 30.5 Å². The predicted molar refractivity (Wildman–Crippen MR) is 87.8 cm³/mol. The topological polar surface area (TPSA) is 59.8 Å². The largest absolute Gasteiger partial charge is 0.484 e. The predicted octanol–water partition coefficient (Wildman–Crippen LogP) is 2.88. The van der Waals surface area contributed by atoms with Gasteiger partial charge >= 0.3 is 5.63 Å². The van der Waals surface area contributed by atoms with Gasteiger partial charge in [0.25, 0.3) is 5.91 Å². The summed E-state index contributed by atoms with van der Waals surface area (Å²) in [5.41, 5.74) is 0.964. The van der Waals surface area contributed by atoms with Crippen LogP contribution >= 0.6 is 0 Å². The number of aryl methyl sites for hydroxylation is 1. The molecule has 1 fully saturated rings. The van der Waals surface area contributed by atoms with Gasteiger partial charge in [-0.3, -0.25) is 4.79 Å². The Morgan fingerprint density at radius 1 is 1.17 bits per heavy atom. The van der Waals surface area contributed by atoms with Crippen molar-refractivity contribution in [2.24, 2.45) is 0 Å². The number of amides is 1. The highest BCUT2D eigenvalue weighted by Gasteiger charge is 2.16. The highest BCUT2D eigenvalue weighted by atomic mass is 16.5. The molecule has 5 heteroatoms. The maximum Gasteiger partial charge on any atom is 0.336 e. The van der Waals surface area contributed by atoms with Crippen LogP contribution in [0.2, 0.25) is 0 Å². The van der Waals surface area contributed by atoms with E-state index in [9.17, 15) is 9.59 Å². The van der Waals surface area contributed by atoms with Crippen molar-refractivity contribution in [3.8, 4) is 5.75 Å². The number of carbonyl (C=O) groups excluding carboxylic acids is 1.